The molecule has 5 nitrogen and oxygen atoms in total. The second-order valence-corrected chi connectivity index (χ2v) is 10.0. The first kappa shape index (κ1) is 21.8. The molecular formula is C24H34IN5. The topological polar surface area (TPSA) is 52.4 Å². The molecule has 2 heterocycles. The van der Waals surface area contributed by atoms with E-state index in [9.17, 15) is 0 Å². The Morgan fingerprint density at radius 2 is 1.87 bits per heavy atom. The summed E-state index contributed by atoms with van der Waals surface area (Å²) < 4.78 is 0.965. The van der Waals surface area contributed by atoms with Crippen molar-refractivity contribution in [1.82, 2.24) is 5.32 Å². The Kier molecular flexibility index (Phi) is 7.44. The summed E-state index contributed by atoms with van der Waals surface area (Å²) in [7, 11) is 0. The molecule has 1 saturated carbocycles. The molecule has 1 aromatic rings. The average Bonchev–Trinajstić information content (AvgIpc) is 2.75. The molecule has 2 aliphatic heterocycles. The largest absolute Gasteiger partial charge is 0.371 e. The number of hydrogen-bond acceptors (Lipinski definition) is 4. The van der Waals surface area contributed by atoms with Crippen LogP contribution in [0.5, 0.6) is 0 Å². The number of hydrogen-bond donors (Lipinski definition) is 1. The molecule has 0 amide bonds. The van der Waals surface area contributed by atoms with Crippen molar-refractivity contribution in [3.05, 3.63) is 40.7 Å². The van der Waals surface area contributed by atoms with E-state index in [1.165, 1.54) is 74.6 Å². The van der Waals surface area contributed by atoms with Crippen LogP contribution in [0, 0.1) is 5.92 Å². The third kappa shape index (κ3) is 5.62. The van der Waals surface area contributed by atoms with Gasteiger partial charge in [-0.2, -0.15) is 0 Å². The van der Waals surface area contributed by atoms with Gasteiger partial charge in [0, 0.05) is 30.5 Å². The maximum atomic E-state index is 4.88. The van der Waals surface area contributed by atoms with Gasteiger partial charge >= 0.3 is 0 Å². The fourth-order valence-electron chi connectivity index (χ4n) is 4.98. The molecule has 1 aromatic carbocycles. The van der Waals surface area contributed by atoms with Gasteiger partial charge in [0.05, 0.1) is 23.8 Å². The Labute approximate surface area is 194 Å². The van der Waals surface area contributed by atoms with Crippen molar-refractivity contribution in [1.29, 1.82) is 0 Å². The molecule has 6 heteroatoms. The highest BCUT2D eigenvalue weighted by Gasteiger charge is 2.23. The molecule has 4 rings (SSSR count). The van der Waals surface area contributed by atoms with E-state index < -0.39 is 0 Å². The lowest BCUT2D eigenvalue weighted by atomic mass is 9.82. The van der Waals surface area contributed by atoms with E-state index >= 15 is 0 Å². The van der Waals surface area contributed by atoms with Crippen molar-refractivity contribution in [2.75, 3.05) is 31.1 Å². The molecule has 0 bridgehead atoms. The van der Waals surface area contributed by atoms with E-state index in [4.69, 9.17) is 9.98 Å². The number of allylic oxidation sites excluding steroid dienone is 1. The van der Waals surface area contributed by atoms with Crippen molar-refractivity contribution in [2.24, 2.45) is 20.9 Å². The molecule has 162 valence electrons. The number of anilines is 1. The Bertz CT molecular complexity index is 908. The van der Waals surface area contributed by atoms with Crippen molar-refractivity contribution < 1.29 is 0 Å². The van der Waals surface area contributed by atoms with E-state index in [-0.39, 0.29) is 0 Å². The first-order chi connectivity index (χ1) is 14.6. The van der Waals surface area contributed by atoms with Gasteiger partial charge in [0.1, 0.15) is 0 Å². The van der Waals surface area contributed by atoms with Crippen LogP contribution in [0.15, 0.2) is 39.4 Å². The number of amidine groups is 1. The molecule has 1 N–H and O–H groups in total. The first-order valence-corrected chi connectivity index (χ1v) is 12.6. The number of rotatable bonds is 5. The minimum atomic E-state index is 0.532. The third-order valence-corrected chi connectivity index (χ3v) is 7.05. The van der Waals surface area contributed by atoms with Gasteiger partial charge in [-0.15, -0.1) is 0 Å². The molecule has 1 aliphatic carbocycles. The number of nitrogens with zero attached hydrogens (tertiary/aromatic N) is 4. The molecule has 2 fully saturated rings. The lowest BCUT2D eigenvalue weighted by molar-refractivity contribution is 0.310. The summed E-state index contributed by atoms with van der Waals surface area (Å²) in [4.78, 5) is 16.7. The zero-order valence-electron chi connectivity index (χ0n) is 18.2. The Morgan fingerprint density at radius 1 is 1.13 bits per heavy atom. The highest BCUT2D eigenvalue weighted by Crippen LogP contribution is 2.28. The van der Waals surface area contributed by atoms with Crippen molar-refractivity contribution in [3.63, 3.8) is 0 Å². The number of piperidine rings is 1. The maximum absolute atomic E-state index is 4.88. The number of benzene rings is 1. The Morgan fingerprint density at radius 3 is 2.60 bits per heavy atom. The fraction of sp³-hybridized carbons (Fsp3) is 0.625. The van der Waals surface area contributed by atoms with E-state index in [2.05, 4.69) is 56.5 Å². The Balaban J connectivity index is 1.45. The normalized spacial score (nSPS) is 24.5. The van der Waals surface area contributed by atoms with Gasteiger partial charge in [-0.25, -0.2) is 4.99 Å². The van der Waals surface area contributed by atoms with Crippen molar-refractivity contribution >= 4 is 32.1 Å². The summed E-state index contributed by atoms with van der Waals surface area (Å²) in [6.07, 6.45) is 10.0. The number of halogens is 1. The minimum Gasteiger partial charge on any atom is -0.371 e. The number of fused-ring (bicyclic) bond motifs is 1. The first-order valence-electron chi connectivity index (χ1n) is 11.5. The molecule has 0 aromatic heterocycles. The van der Waals surface area contributed by atoms with Crippen LogP contribution >= 0.6 is 22.6 Å². The smallest absolute Gasteiger partial charge is 0.164 e. The lowest BCUT2D eigenvalue weighted by Crippen LogP contribution is -2.38. The molecule has 0 unspecified atom stereocenters. The van der Waals surface area contributed by atoms with Crippen molar-refractivity contribution in [2.45, 2.75) is 64.3 Å². The van der Waals surface area contributed by atoms with Gasteiger partial charge < -0.3 is 10.2 Å². The van der Waals surface area contributed by atoms with Crippen LogP contribution in [0.3, 0.4) is 0 Å². The van der Waals surface area contributed by atoms with Crippen LogP contribution in [0.1, 0.15) is 57.4 Å². The highest BCUT2D eigenvalue weighted by atomic mass is 127. The zero-order valence-corrected chi connectivity index (χ0v) is 20.3. The van der Waals surface area contributed by atoms with E-state index in [0.717, 1.165) is 40.3 Å². The van der Waals surface area contributed by atoms with Gasteiger partial charge in [-0.1, -0.05) is 6.58 Å². The van der Waals surface area contributed by atoms with Crippen LogP contribution in [-0.2, 0) is 6.42 Å². The molecular weight excluding hydrogens is 485 g/mol. The van der Waals surface area contributed by atoms with Gasteiger partial charge in [0.25, 0.3) is 0 Å². The molecule has 0 atom stereocenters. The predicted octanol–water partition coefficient (Wildman–Crippen LogP) is 3.95. The van der Waals surface area contributed by atoms with Crippen molar-refractivity contribution in [3.8, 4) is 0 Å². The van der Waals surface area contributed by atoms with Gasteiger partial charge in [-0.3, -0.25) is 9.98 Å². The molecule has 3 aliphatic rings. The number of nitrogens with one attached hydrogen (secondary N) is 1. The Hall–Kier alpha value is -1.44. The van der Waals surface area contributed by atoms with Gasteiger partial charge in [0.15, 0.2) is 3.84 Å². The van der Waals surface area contributed by atoms with Crippen LogP contribution in [0.2, 0.25) is 0 Å². The average molecular weight is 519 g/mol. The lowest BCUT2D eigenvalue weighted by Gasteiger charge is -2.31. The van der Waals surface area contributed by atoms with Crippen LogP contribution in [0.4, 0.5) is 5.69 Å². The van der Waals surface area contributed by atoms with Crippen LogP contribution in [-0.4, -0.2) is 36.1 Å². The summed E-state index contributed by atoms with van der Waals surface area (Å²) >= 11 is 2.28. The summed E-state index contributed by atoms with van der Waals surface area (Å²) in [5.74, 6) is 0.733. The standard InChI is InChI=1S/C24H34IN5/c1-17(2)28-24(25)29-20-8-6-18(7-9-20)14-19-15-21(30-12-4-3-5-13-30)16-22-23(19)27-11-10-26-22/h15-16,18,20H,1,3-14H2,2H3,(H,28,29)/t18-,20+. The summed E-state index contributed by atoms with van der Waals surface area (Å²) in [5, 5.41) is 5.87. The maximum Gasteiger partial charge on any atom is 0.164 e. The van der Waals surface area contributed by atoms with Crippen LogP contribution in [0.25, 0.3) is 0 Å². The molecule has 1 saturated heterocycles. The van der Waals surface area contributed by atoms with Gasteiger partial charge in [-0.05, 0) is 104 Å². The monoisotopic (exact) mass is 519 g/mol. The number of aliphatic imine (C=N–C) groups is 1. The second-order valence-electron chi connectivity index (χ2n) is 8.99. The predicted molar refractivity (Wildman–Crippen MR) is 133 cm³/mol. The third-order valence-electron chi connectivity index (χ3n) is 6.49. The van der Waals surface area contributed by atoms with Crippen LogP contribution < -0.4 is 20.9 Å². The SMILES string of the molecule is C=C(C)/N=C(\I)N[C@H]1CC[C@@H](Cc2cc(N3CCCCC3)cc3c2=NCCN=3)CC1. The minimum absolute atomic E-state index is 0.532. The second kappa shape index (κ2) is 10.2. The molecule has 0 spiro atoms. The van der Waals surface area contributed by atoms with Gasteiger partial charge in [0.2, 0.25) is 0 Å². The summed E-state index contributed by atoms with van der Waals surface area (Å²) in [5.41, 5.74) is 3.64. The molecule has 0 radical (unpaired) electrons. The van der Waals surface area contributed by atoms with E-state index in [0.29, 0.717) is 6.04 Å². The quantitative estimate of drug-likeness (QED) is 0.277. The fourth-order valence-corrected chi connectivity index (χ4v) is 5.83. The highest BCUT2D eigenvalue weighted by molar-refractivity contribution is 14.1. The zero-order chi connectivity index (χ0) is 20.9. The molecule has 30 heavy (non-hydrogen) atoms. The summed E-state index contributed by atoms with van der Waals surface area (Å²) in [6, 6.07) is 5.25. The van der Waals surface area contributed by atoms with E-state index in [1.54, 1.807) is 0 Å². The summed E-state index contributed by atoms with van der Waals surface area (Å²) in [6.45, 7) is 9.83. The van der Waals surface area contributed by atoms with E-state index in [1.807, 2.05) is 6.92 Å².